The van der Waals surface area contributed by atoms with Crippen LogP contribution in [0.4, 0.5) is 0 Å². The van der Waals surface area contributed by atoms with Gasteiger partial charge in [0.1, 0.15) is 6.10 Å². The quantitative estimate of drug-likeness (QED) is 0.201. The van der Waals surface area contributed by atoms with E-state index in [2.05, 4.69) is 78.9 Å². The molecule has 5 heteroatoms. The lowest BCUT2D eigenvalue weighted by Crippen LogP contribution is -2.45. The fourth-order valence-corrected chi connectivity index (χ4v) is 6.79. The lowest BCUT2D eigenvalue weighted by molar-refractivity contribution is -0.173. The van der Waals surface area contributed by atoms with Crippen molar-refractivity contribution in [2.24, 2.45) is 11.8 Å². The van der Waals surface area contributed by atoms with Gasteiger partial charge in [0.25, 0.3) is 0 Å². The fourth-order valence-electron chi connectivity index (χ4n) is 5.83. The third-order valence-electron chi connectivity index (χ3n) is 10.2. The van der Waals surface area contributed by atoms with Crippen LogP contribution in [0.3, 0.4) is 0 Å². The first-order valence-electron chi connectivity index (χ1n) is 15.4. The molecular weight excluding hydrogens is 536 g/mol. The van der Waals surface area contributed by atoms with Crippen LogP contribution >= 0.6 is 0 Å². The summed E-state index contributed by atoms with van der Waals surface area (Å²) in [7, 11) is -1.90. The van der Waals surface area contributed by atoms with Gasteiger partial charge in [0.15, 0.2) is 8.32 Å². The Hall–Kier alpha value is -2.73. The van der Waals surface area contributed by atoms with Gasteiger partial charge in [-0.1, -0.05) is 126 Å². The third kappa shape index (κ3) is 6.74. The van der Waals surface area contributed by atoms with Gasteiger partial charge in [-0.25, -0.2) is 4.79 Å². The van der Waals surface area contributed by atoms with Crippen molar-refractivity contribution in [2.75, 3.05) is 0 Å². The molecule has 1 N–H and O–H groups in total. The van der Waals surface area contributed by atoms with E-state index in [1.165, 1.54) is 5.56 Å². The Morgan fingerprint density at radius 1 is 0.810 bits per heavy atom. The summed E-state index contributed by atoms with van der Waals surface area (Å²) in [6.45, 7) is 18.4. The van der Waals surface area contributed by atoms with E-state index in [1.54, 1.807) is 12.1 Å². The lowest BCUT2D eigenvalue weighted by atomic mass is 9.65. The van der Waals surface area contributed by atoms with Crippen LogP contribution in [0.1, 0.15) is 83.1 Å². The topological polar surface area (TPSA) is 55.8 Å². The summed E-state index contributed by atoms with van der Waals surface area (Å²) in [5.74, 6) is -0.0421. The monoisotopic (exact) mass is 586 g/mol. The molecular formula is C37H50O4Si. The molecule has 1 fully saturated rings. The number of carbonyl (C=O) groups excluding carboxylic acids is 1. The highest BCUT2D eigenvalue weighted by molar-refractivity contribution is 6.74. The van der Waals surface area contributed by atoms with Crippen molar-refractivity contribution >= 4 is 14.3 Å². The number of ether oxygens (including phenoxy) is 1. The van der Waals surface area contributed by atoms with Gasteiger partial charge < -0.3 is 14.3 Å². The predicted octanol–water partition coefficient (Wildman–Crippen LogP) is 8.77. The summed E-state index contributed by atoms with van der Waals surface area (Å²) in [4.78, 5) is 14.1. The minimum absolute atomic E-state index is 0.0515. The van der Waals surface area contributed by atoms with Crippen LogP contribution in [0.5, 0.6) is 0 Å². The van der Waals surface area contributed by atoms with E-state index < -0.39 is 19.9 Å². The van der Waals surface area contributed by atoms with Crippen molar-refractivity contribution in [1.29, 1.82) is 0 Å². The highest BCUT2D eigenvalue weighted by Gasteiger charge is 2.45. The Morgan fingerprint density at radius 3 is 1.88 bits per heavy atom. The zero-order valence-corrected chi connectivity index (χ0v) is 27.8. The van der Waals surface area contributed by atoms with Gasteiger partial charge in [-0.15, -0.1) is 0 Å². The smallest absolute Gasteiger partial charge is 0.347 e. The van der Waals surface area contributed by atoms with Crippen LogP contribution in [-0.4, -0.2) is 25.5 Å². The lowest BCUT2D eigenvalue weighted by Gasteiger charge is -2.43. The van der Waals surface area contributed by atoms with Crippen molar-refractivity contribution in [3.63, 3.8) is 0 Å². The summed E-state index contributed by atoms with van der Waals surface area (Å²) < 4.78 is 12.7. The van der Waals surface area contributed by atoms with E-state index in [-0.39, 0.29) is 22.5 Å². The molecule has 1 aliphatic carbocycles. The largest absolute Gasteiger partial charge is 0.459 e. The first-order chi connectivity index (χ1) is 19.7. The molecule has 3 aromatic carbocycles. The molecule has 226 valence electrons. The van der Waals surface area contributed by atoms with Gasteiger partial charge in [0.05, 0.1) is 6.61 Å². The standard InChI is InChI=1S/C37H50O4Si/c1-27-19-22-32(36(5,6)29-15-11-9-12-16-29)25-33(27)41-34(38)37(39,30-17-13-10-14-18-30)31-23-20-28(21-24-31)26-40-42(7,8)35(2,3)4/h9-18,20-21,23-24,27,32-33,39H,19,22,25-26H2,1-8H3/t27-,32-,33+,37+/m1/s1. The highest BCUT2D eigenvalue weighted by Crippen LogP contribution is 2.44. The summed E-state index contributed by atoms with van der Waals surface area (Å²) in [5, 5.41) is 12.3. The van der Waals surface area contributed by atoms with E-state index in [0.29, 0.717) is 23.7 Å². The Kier molecular flexibility index (Phi) is 9.56. The SMILES string of the molecule is C[C@@H]1CC[C@@H](C(C)(C)c2ccccc2)C[C@@H]1OC(=O)[C@](O)(c1ccccc1)c1ccc(CO[Si](C)(C)C(C)(C)C)cc1. The molecule has 0 spiro atoms. The number of aliphatic hydroxyl groups is 1. The zero-order chi connectivity index (χ0) is 30.8. The van der Waals surface area contributed by atoms with E-state index in [9.17, 15) is 9.90 Å². The number of hydrogen-bond acceptors (Lipinski definition) is 4. The molecule has 4 nitrogen and oxygen atoms in total. The van der Waals surface area contributed by atoms with E-state index in [0.717, 1.165) is 24.8 Å². The van der Waals surface area contributed by atoms with Gasteiger partial charge in [-0.05, 0) is 76.9 Å². The molecule has 0 heterocycles. The molecule has 0 bridgehead atoms. The van der Waals surface area contributed by atoms with Crippen LogP contribution < -0.4 is 0 Å². The second-order valence-electron chi connectivity index (χ2n) is 14.3. The number of hydrogen-bond donors (Lipinski definition) is 1. The second-order valence-corrected chi connectivity index (χ2v) is 19.2. The van der Waals surface area contributed by atoms with Gasteiger partial charge in [-0.2, -0.15) is 0 Å². The Morgan fingerprint density at radius 2 is 1.33 bits per heavy atom. The molecule has 0 aliphatic heterocycles. The first-order valence-corrected chi connectivity index (χ1v) is 18.3. The average Bonchev–Trinajstić information content (AvgIpc) is 2.97. The molecule has 4 rings (SSSR count). The van der Waals surface area contributed by atoms with Crippen molar-refractivity contribution in [3.8, 4) is 0 Å². The minimum Gasteiger partial charge on any atom is -0.459 e. The predicted molar refractivity (Wildman–Crippen MR) is 174 cm³/mol. The fraction of sp³-hybridized carbons (Fsp3) is 0.486. The molecule has 0 saturated heterocycles. The number of benzene rings is 3. The van der Waals surface area contributed by atoms with Gasteiger partial charge >= 0.3 is 5.97 Å². The molecule has 42 heavy (non-hydrogen) atoms. The number of rotatable bonds is 9. The van der Waals surface area contributed by atoms with Gasteiger partial charge in [0, 0.05) is 0 Å². The molecule has 1 saturated carbocycles. The van der Waals surface area contributed by atoms with Crippen LogP contribution in [0.25, 0.3) is 0 Å². The van der Waals surface area contributed by atoms with Crippen molar-refractivity contribution in [1.82, 2.24) is 0 Å². The maximum Gasteiger partial charge on any atom is 0.347 e. The molecule has 0 aromatic heterocycles. The summed E-state index contributed by atoms with van der Waals surface area (Å²) in [5.41, 5.74) is 1.35. The normalized spacial score (nSPS) is 21.4. The molecule has 3 aromatic rings. The second kappa shape index (κ2) is 12.5. The van der Waals surface area contributed by atoms with Gasteiger partial charge in [0.2, 0.25) is 5.60 Å². The third-order valence-corrected chi connectivity index (χ3v) is 14.7. The maximum absolute atomic E-state index is 14.1. The van der Waals surface area contributed by atoms with Crippen LogP contribution in [0.2, 0.25) is 18.1 Å². The molecule has 0 unspecified atom stereocenters. The average molecular weight is 587 g/mol. The van der Waals surface area contributed by atoms with Crippen LogP contribution in [-0.2, 0) is 31.6 Å². The summed E-state index contributed by atoms with van der Waals surface area (Å²) >= 11 is 0. The molecule has 0 amide bonds. The summed E-state index contributed by atoms with van der Waals surface area (Å²) in [6.07, 6.45) is 2.56. The molecule has 0 radical (unpaired) electrons. The van der Waals surface area contributed by atoms with Gasteiger partial charge in [-0.3, -0.25) is 0 Å². The Labute approximate surface area is 254 Å². The number of carbonyl (C=O) groups is 1. The maximum atomic E-state index is 14.1. The number of esters is 1. The van der Waals surface area contributed by atoms with Crippen molar-refractivity contribution in [3.05, 3.63) is 107 Å². The first kappa shape index (κ1) is 32.2. The molecule has 1 aliphatic rings. The van der Waals surface area contributed by atoms with E-state index in [4.69, 9.17) is 9.16 Å². The van der Waals surface area contributed by atoms with Crippen molar-refractivity contribution < 1.29 is 19.1 Å². The zero-order valence-electron chi connectivity index (χ0n) is 26.8. The highest BCUT2D eigenvalue weighted by atomic mass is 28.4. The molecule has 4 atom stereocenters. The Bertz CT molecular complexity index is 1310. The Balaban J connectivity index is 1.57. The minimum atomic E-state index is -1.91. The van der Waals surface area contributed by atoms with Crippen molar-refractivity contribution in [2.45, 2.75) is 103 Å². The summed E-state index contributed by atoms with van der Waals surface area (Å²) in [6, 6.07) is 27.3. The van der Waals surface area contributed by atoms with E-state index >= 15 is 0 Å². The van der Waals surface area contributed by atoms with Crippen LogP contribution in [0.15, 0.2) is 84.9 Å². The van der Waals surface area contributed by atoms with E-state index in [1.807, 2.05) is 48.5 Å². The van der Waals surface area contributed by atoms with Crippen LogP contribution in [0, 0.1) is 11.8 Å².